The molecule has 1 saturated heterocycles. The highest BCUT2D eigenvalue weighted by atomic mass is 35.5. The van der Waals surface area contributed by atoms with Gasteiger partial charge in [0.05, 0.1) is 5.39 Å². The summed E-state index contributed by atoms with van der Waals surface area (Å²) in [5.74, 6) is 1.98. The molecule has 0 atom stereocenters. The van der Waals surface area contributed by atoms with Crippen molar-refractivity contribution in [2.75, 3.05) is 36.0 Å². The predicted octanol–water partition coefficient (Wildman–Crippen LogP) is 5.61. The van der Waals surface area contributed by atoms with E-state index in [-0.39, 0.29) is 0 Å². The number of thiophene rings is 1. The normalized spacial score (nSPS) is 16.4. The van der Waals surface area contributed by atoms with E-state index < -0.39 is 0 Å². The van der Waals surface area contributed by atoms with E-state index in [2.05, 4.69) is 49.4 Å². The highest BCUT2D eigenvalue weighted by Gasteiger charge is 2.24. The van der Waals surface area contributed by atoms with Crippen LogP contribution in [0.4, 0.5) is 11.6 Å². The number of hydrogen-bond acceptors (Lipinski definition) is 6. The number of halogens is 1. The van der Waals surface area contributed by atoms with E-state index in [9.17, 15) is 0 Å². The van der Waals surface area contributed by atoms with Gasteiger partial charge in [-0.3, -0.25) is 0 Å². The van der Waals surface area contributed by atoms with E-state index in [1.165, 1.54) is 47.9 Å². The number of fused-ring (bicyclic) bond motifs is 2. The summed E-state index contributed by atoms with van der Waals surface area (Å²) >= 11 is 8.01. The Hall–Kier alpha value is -2.70. The Balaban J connectivity index is 1.36. The topological polar surface area (TPSA) is 45.2 Å². The zero-order valence-corrected chi connectivity index (χ0v) is 19.4. The Morgan fingerprint density at radius 1 is 0.875 bits per heavy atom. The summed E-state index contributed by atoms with van der Waals surface area (Å²) in [6, 6.07) is 13.0. The van der Waals surface area contributed by atoms with Crippen LogP contribution in [-0.2, 0) is 12.8 Å². The molecular formula is C25H24ClN5S. The molecule has 0 radical (unpaired) electrons. The zero-order chi connectivity index (χ0) is 21.5. The van der Waals surface area contributed by atoms with Gasteiger partial charge in [-0.2, -0.15) is 4.98 Å². The van der Waals surface area contributed by atoms with E-state index in [1.807, 2.05) is 18.3 Å². The summed E-state index contributed by atoms with van der Waals surface area (Å²) in [6.45, 7) is 3.55. The molecule has 1 fully saturated rings. The third-order valence-electron chi connectivity index (χ3n) is 6.60. The first kappa shape index (κ1) is 19.9. The fraction of sp³-hybridized carbons (Fsp3) is 0.320. The lowest BCUT2D eigenvalue weighted by atomic mass is 9.89. The van der Waals surface area contributed by atoms with E-state index in [1.54, 1.807) is 11.3 Å². The third kappa shape index (κ3) is 3.61. The molecule has 4 heterocycles. The van der Waals surface area contributed by atoms with Crippen molar-refractivity contribution < 1.29 is 0 Å². The Morgan fingerprint density at radius 2 is 1.69 bits per heavy atom. The lowest BCUT2D eigenvalue weighted by Crippen LogP contribution is -2.47. The maximum absolute atomic E-state index is 6.36. The van der Waals surface area contributed by atoms with Gasteiger partial charge in [0, 0.05) is 43.3 Å². The number of benzene rings is 1. The first-order valence-electron chi connectivity index (χ1n) is 11.2. The maximum atomic E-state index is 6.36. The largest absolute Gasteiger partial charge is 0.353 e. The molecule has 4 aromatic rings. The maximum Gasteiger partial charge on any atom is 0.225 e. The number of aromatic nitrogens is 3. The number of hydrogen-bond donors (Lipinski definition) is 0. The molecule has 0 saturated carbocycles. The molecule has 1 aliphatic heterocycles. The Bertz CT molecular complexity index is 1260. The molecule has 1 aliphatic carbocycles. The van der Waals surface area contributed by atoms with Crippen molar-refractivity contribution in [3.8, 4) is 11.1 Å². The van der Waals surface area contributed by atoms with Crippen molar-refractivity contribution in [3.05, 3.63) is 64.4 Å². The number of anilines is 2. The second-order valence-corrected chi connectivity index (χ2v) is 9.69. The molecule has 0 bridgehead atoms. The van der Waals surface area contributed by atoms with Crippen molar-refractivity contribution in [2.24, 2.45) is 0 Å². The van der Waals surface area contributed by atoms with Crippen LogP contribution >= 0.6 is 22.9 Å². The van der Waals surface area contributed by atoms with Crippen LogP contribution in [0.5, 0.6) is 0 Å². The van der Waals surface area contributed by atoms with Gasteiger partial charge in [-0.15, -0.1) is 11.3 Å². The Kier molecular flexibility index (Phi) is 5.20. The van der Waals surface area contributed by atoms with E-state index in [4.69, 9.17) is 16.6 Å². The predicted molar refractivity (Wildman–Crippen MR) is 133 cm³/mol. The lowest BCUT2D eigenvalue weighted by Gasteiger charge is -2.36. The molecule has 6 rings (SSSR count). The molecule has 32 heavy (non-hydrogen) atoms. The minimum absolute atomic E-state index is 0.318. The molecule has 2 aliphatic rings. The van der Waals surface area contributed by atoms with Gasteiger partial charge in [-0.25, -0.2) is 9.97 Å². The minimum atomic E-state index is 0.318. The number of rotatable bonds is 3. The van der Waals surface area contributed by atoms with E-state index >= 15 is 0 Å². The van der Waals surface area contributed by atoms with Crippen LogP contribution in [-0.4, -0.2) is 41.1 Å². The number of aryl methyl sites for hydroxylation is 2. The first-order valence-corrected chi connectivity index (χ1v) is 12.5. The van der Waals surface area contributed by atoms with Crippen LogP contribution in [0.2, 0.25) is 5.28 Å². The van der Waals surface area contributed by atoms with Crippen molar-refractivity contribution in [3.63, 3.8) is 0 Å². The van der Waals surface area contributed by atoms with Gasteiger partial charge in [-0.05, 0) is 66.1 Å². The standard InChI is InChI=1S/C25H24ClN5S/c26-25-28-23(31-13-11-30(12-14-31)21-7-3-4-10-27-21)22-20(16-32-24(22)29-25)19-9-8-17-5-1-2-6-18(17)15-19/h3-4,7-10,15-16H,1-2,5-6,11-14H2. The second-order valence-electron chi connectivity index (χ2n) is 8.50. The fourth-order valence-corrected chi connectivity index (χ4v) is 6.08. The van der Waals surface area contributed by atoms with Gasteiger partial charge in [0.25, 0.3) is 0 Å². The molecule has 162 valence electrons. The molecule has 7 heteroatoms. The van der Waals surface area contributed by atoms with Gasteiger partial charge in [0.1, 0.15) is 16.5 Å². The van der Waals surface area contributed by atoms with Gasteiger partial charge < -0.3 is 9.80 Å². The highest BCUT2D eigenvalue weighted by Crippen LogP contribution is 2.40. The summed E-state index contributed by atoms with van der Waals surface area (Å²) in [5.41, 5.74) is 5.48. The van der Waals surface area contributed by atoms with Gasteiger partial charge >= 0.3 is 0 Å². The van der Waals surface area contributed by atoms with Crippen molar-refractivity contribution >= 4 is 44.8 Å². The first-order chi connectivity index (χ1) is 15.8. The quantitative estimate of drug-likeness (QED) is 0.371. The second kappa shape index (κ2) is 8.34. The molecule has 0 spiro atoms. The summed E-state index contributed by atoms with van der Waals surface area (Å²) in [7, 11) is 0. The van der Waals surface area contributed by atoms with Crippen LogP contribution in [0.25, 0.3) is 21.3 Å². The Morgan fingerprint density at radius 3 is 2.50 bits per heavy atom. The molecule has 0 amide bonds. The molecule has 0 unspecified atom stereocenters. The molecule has 1 aromatic carbocycles. The van der Waals surface area contributed by atoms with Crippen molar-refractivity contribution in [1.82, 2.24) is 15.0 Å². The third-order valence-corrected chi connectivity index (χ3v) is 7.64. The van der Waals surface area contributed by atoms with Crippen molar-refractivity contribution in [1.29, 1.82) is 0 Å². The minimum Gasteiger partial charge on any atom is -0.353 e. The van der Waals surface area contributed by atoms with Crippen LogP contribution < -0.4 is 9.80 Å². The van der Waals surface area contributed by atoms with Crippen LogP contribution in [0.3, 0.4) is 0 Å². The van der Waals surface area contributed by atoms with Crippen molar-refractivity contribution in [2.45, 2.75) is 25.7 Å². The van der Waals surface area contributed by atoms with Crippen LogP contribution in [0, 0.1) is 0 Å². The number of piperazine rings is 1. The Labute approximate surface area is 196 Å². The van der Waals surface area contributed by atoms with E-state index in [0.717, 1.165) is 48.0 Å². The summed E-state index contributed by atoms with van der Waals surface area (Å²) < 4.78 is 0. The van der Waals surface area contributed by atoms with Crippen LogP contribution in [0.15, 0.2) is 48.0 Å². The fourth-order valence-electron chi connectivity index (χ4n) is 4.93. The monoisotopic (exact) mass is 461 g/mol. The smallest absolute Gasteiger partial charge is 0.225 e. The van der Waals surface area contributed by atoms with E-state index in [0.29, 0.717) is 5.28 Å². The number of pyridine rings is 1. The van der Waals surface area contributed by atoms with Gasteiger partial charge in [-0.1, -0.05) is 24.3 Å². The number of nitrogens with zero attached hydrogens (tertiary/aromatic N) is 5. The molecule has 3 aromatic heterocycles. The molecule has 5 nitrogen and oxygen atoms in total. The highest BCUT2D eigenvalue weighted by molar-refractivity contribution is 7.17. The summed E-state index contributed by atoms with van der Waals surface area (Å²) in [4.78, 5) is 19.4. The van der Waals surface area contributed by atoms with Gasteiger partial charge in [0.2, 0.25) is 5.28 Å². The van der Waals surface area contributed by atoms with Crippen LogP contribution in [0.1, 0.15) is 24.0 Å². The lowest BCUT2D eigenvalue weighted by molar-refractivity contribution is 0.643. The van der Waals surface area contributed by atoms with Gasteiger partial charge in [0.15, 0.2) is 0 Å². The SMILES string of the molecule is Clc1nc(N2CCN(c3ccccn3)CC2)c2c(-c3ccc4c(c3)CCCC4)csc2n1. The average Bonchev–Trinajstić information content (AvgIpc) is 3.27. The molecule has 0 N–H and O–H groups in total. The average molecular weight is 462 g/mol. The summed E-state index contributed by atoms with van der Waals surface area (Å²) in [6.07, 6.45) is 6.81. The molecular weight excluding hydrogens is 438 g/mol. The zero-order valence-electron chi connectivity index (χ0n) is 17.8. The summed E-state index contributed by atoms with van der Waals surface area (Å²) in [5, 5.41) is 3.66.